The Labute approximate surface area is 155 Å². The Hall–Kier alpha value is -2.53. The lowest BCUT2D eigenvalue weighted by molar-refractivity contribution is -0.139. The smallest absolute Gasteiger partial charge is 0.263 e. The van der Waals surface area contributed by atoms with Crippen LogP contribution in [0.5, 0.6) is 11.5 Å². The van der Waals surface area contributed by atoms with E-state index in [9.17, 15) is 4.79 Å². The Bertz CT molecular complexity index is 695. The highest BCUT2D eigenvalue weighted by atomic mass is 16.5. The fourth-order valence-corrected chi connectivity index (χ4v) is 3.13. The first kappa shape index (κ1) is 18.3. The molecule has 2 aromatic rings. The van der Waals surface area contributed by atoms with Crippen molar-refractivity contribution in [2.24, 2.45) is 0 Å². The molecule has 1 atom stereocenters. The van der Waals surface area contributed by atoms with Crippen molar-refractivity contribution in [3.63, 3.8) is 0 Å². The first-order valence-electron chi connectivity index (χ1n) is 9.01. The zero-order valence-corrected chi connectivity index (χ0v) is 15.4. The van der Waals surface area contributed by atoms with Gasteiger partial charge in [0.1, 0.15) is 11.5 Å². The summed E-state index contributed by atoms with van der Waals surface area (Å²) in [6, 6.07) is 17.7. The van der Waals surface area contributed by atoms with Crippen LogP contribution in [0.15, 0.2) is 54.6 Å². The molecule has 26 heavy (non-hydrogen) atoms. The van der Waals surface area contributed by atoms with Crippen LogP contribution in [0.4, 0.5) is 0 Å². The van der Waals surface area contributed by atoms with E-state index in [0.717, 1.165) is 38.5 Å². The Balaban J connectivity index is 1.47. The zero-order chi connectivity index (χ0) is 18.4. The number of hydrogen-bond acceptors (Lipinski definition) is 4. The fraction of sp³-hybridized carbons (Fsp3) is 0.381. The number of piperazine rings is 1. The SMILES string of the molecule is COc1ccc(O[C@H](C)C(=O)N2CCN(Cc3ccccc3)CC2)cc1. The van der Waals surface area contributed by atoms with Gasteiger partial charge in [0.05, 0.1) is 7.11 Å². The van der Waals surface area contributed by atoms with Gasteiger partial charge in [-0.2, -0.15) is 0 Å². The summed E-state index contributed by atoms with van der Waals surface area (Å²) in [6.45, 7) is 5.99. The van der Waals surface area contributed by atoms with Crippen LogP contribution in [0.25, 0.3) is 0 Å². The van der Waals surface area contributed by atoms with Gasteiger partial charge in [0.2, 0.25) is 0 Å². The summed E-state index contributed by atoms with van der Waals surface area (Å²) in [5.41, 5.74) is 1.31. The average Bonchev–Trinajstić information content (AvgIpc) is 2.69. The molecule has 5 nitrogen and oxygen atoms in total. The van der Waals surface area contributed by atoms with Crippen molar-refractivity contribution in [2.45, 2.75) is 19.6 Å². The number of amides is 1. The lowest BCUT2D eigenvalue weighted by Crippen LogP contribution is -2.51. The maximum atomic E-state index is 12.6. The topological polar surface area (TPSA) is 42.0 Å². The van der Waals surface area contributed by atoms with Crippen molar-refractivity contribution in [2.75, 3.05) is 33.3 Å². The summed E-state index contributed by atoms with van der Waals surface area (Å²) >= 11 is 0. The molecule has 0 spiro atoms. The molecule has 0 N–H and O–H groups in total. The second-order valence-electron chi connectivity index (χ2n) is 6.52. The van der Waals surface area contributed by atoms with E-state index in [1.54, 1.807) is 7.11 Å². The number of nitrogens with zero attached hydrogens (tertiary/aromatic N) is 2. The summed E-state index contributed by atoms with van der Waals surface area (Å²) in [7, 11) is 1.62. The number of hydrogen-bond donors (Lipinski definition) is 0. The molecule has 2 aromatic carbocycles. The van der Waals surface area contributed by atoms with E-state index in [1.807, 2.05) is 42.2 Å². The van der Waals surface area contributed by atoms with Gasteiger partial charge in [-0.3, -0.25) is 9.69 Å². The summed E-state index contributed by atoms with van der Waals surface area (Å²) in [5, 5.41) is 0. The second kappa shape index (κ2) is 8.72. The van der Waals surface area contributed by atoms with Crippen LogP contribution in [-0.2, 0) is 11.3 Å². The van der Waals surface area contributed by atoms with E-state index in [2.05, 4.69) is 29.2 Å². The third-order valence-corrected chi connectivity index (χ3v) is 4.65. The molecule has 1 fully saturated rings. The maximum Gasteiger partial charge on any atom is 0.263 e. The highest BCUT2D eigenvalue weighted by Gasteiger charge is 2.26. The van der Waals surface area contributed by atoms with Crippen LogP contribution in [0.3, 0.4) is 0 Å². The minimum Gasteiger partial charge on any atom is -0.497 e. The molecular weight excluding hydrogens is 328 g/mol. The van der Waals surface area contributed by atoms with Crippen molar-refractivity contribution < 1.29 is 14.3 Å². The van der Waals surface area contributed by atoms with E-state index < -0.39 is 6.10 Å². The van der Waals surface area contributed by atoms with Crippen LogP contribution >= 0.6 is 0 Å². The van der Waals surface area contributed by atoms with Crippen molar-refractivity contribution >= 4 is 5.91 Å². The van der Waals surface area contributed by atoms with E-state index in [0.29, 0.717) is 5.75 Å². The molecule has 0 bridgehead atoms. The predicted molar refractivity (Wildman–Crippen MR) is 101 cm³/mol. The van der Waals surface area contributed by atoms with E-state index in [1.165, 1.54) is 5.56 Å². The average molecular weight is 354 g/mol. The highest BCUT2D eigenvalue weighted by molar-refractivity contribution is 5.81. The van der Waals surface area contributed by atoms with Crippen molar-refractivity contribution in [3.05, 3.63) is 60.2 Å². The minimum atomic E-state index is -0.496. The number of methoxy groups -OCH3 is 1. The lowest BCUT2D eigenvalue weighted by Gasteiger charge is -2.35. The van der Waals surface area contributed by atoms with Gasteiger partial charge in [0.15, 0.2) is 6.10 Å². The molecule has 1 amide bonds. The molecule has 1 saturated heterocycles. The van der Waals surface area contributed by atoms with Crippen LogP contribution in [0.1, 0.15) is 12.5 Å². The van der Waals surface area contributed by atoms with Crippen LogP contribution < -0.4 is 9.47 Å². The zero-order valence-electron chi connectivity index (χ0n) is 15.4. The number of carbonyl (C=O) groups excluding carboxylic acids is 1. The Morgan fingerprint density at radius 3 is 2.19 bits per heavy atom. The van der Waals surface area contributed by atoms with Crippen LogP contribution in [0.2, 0.25) is 0 Å². The third-order valence-electron chi connectivity index (χ3n) is 4.65. The van der Waals surface area contributed by atoms with Crippen molar-refractivity contribution in [1.82, 2.24) is 9.80 Å². The van der Waals surface area contributed by atoms with E-state index in [4.69, 9.17) is 9.47 Å². The number of rotatable bonds is 6. The van der Waals surface area contributed by atoms with Crippen molar-refractivity contribution in [1.29, 1.82) is 0 Å². The normalized spacial score (nSPS) is 16.2. The maximum absolute atomic E-state index is 12.6. The second-order valence-corrected chi connectivity index (χ2v) is 6.52. The molecule has 0 aliphatic carbocycles. The van der Waals surface area contributed by atoms with Gasteiger partial charge >= 0.3 is 0 Å². The summed E-state index contributed by atoms with van der Waals surface area (Å²) in [4.78, 5) is 16.9. The fourth-order valence-electron chi connectivity index (χ4n) is 3.13. The van der Waals surface area contributed by atoms with E-state index >= 15 is 0 Å². The predicted octanol–water partition coefficient (Wildman–Crippen LogP) is 2.81. The van der Waals surface area contributed by atoms with Gasteiger partial charge in [-0.05, 0) is 36.8 Å². The summed E-state index contributed by atoms with van der Waals surface area (Å²) in [5.74, 6) is 1.49. The molecule has 5 heteroatoms. The standard InChI is InChI=1S/C21H26N2O3/c1-17(26-20-10-8-19(25-2)9-11-20)21(24)23-14-12-22(13-15-23)16-18-6-4-3-5-7-18/h3-11,17H,12-16H2,1-2H3/t17-/m1/s1. The van der Waals surface area contributed by atoms with Gasteiger partial charge in [-0.25, -0.2) is 0 Å². The molecule has 0 aromatic heterocycles. The Morgan fingerprint density at radius 2 is 1.58 bits per heavy atom. The molecule has 1 aliphatic rings. The number of benzene rings is 2. The first-order chi connectivity index (χ1) is 12.7. The van der Waals surface area contributed by atoms with Crippen LogP contribution in [0, 0.1) is 0 Å². The van der Waals surface area contributed by atoms with Gasteiger partial charge in [0, 0.05) is 32.7 Å². The van der Waals surface area contributed by atoms with Crippen molar-refractivity contribution in [3.8, 4) is 11.5 Å². The third kappa shape index (κ3) is 4.76. The van der Waals surface area contributed by atoms with Crippen LogP contribution in [-0.4, -0.2) is 55.1 Å². The van der Waals surface area contributed by atoms with Gasteiger partial charge in [-0.15, -0.1) is 0 Å². The molecule has 138 valence electrons. The molecule has 0 unspecified atom stereocenters. The quantitative estimate of drug-likeness (QED) is 0.800. The molecule has 0 saturated carbocycles. The highest BCUT2D eigenvalue weighted by Crippen LogP contribution is 2.19. The molecule has 0 radical (unpaired) electrons. The van der Waals surface area contributed by atoms with Gasteiger partial charge in [-0.1, -0.05) is 30.3 Å². The van der Waals surface area contributed by atoms with E-state index in [-0.39, 0.29) is 5.91 Å². The molecule has 1 aliphatic heterocycles. The first-order valence-corrected chi connectivity index (χ1v) is 9.01. The van der Waals surface area contributed by atoms with Gasteiger partial charge < -0.3 is 14.4 Å². The molecule has 1 heterocycles. The number of carbonyl (C=O) groups is 1. The Kier molecular flexibility index (Phi) is 6.12. The molecular formula is C21H26N2O3. The minimum absolute atomic E-state index is 0.0418. The Morgan fingerprint density at radius 1 is 0.962 bits per heavy atom. The number of ether oxygens (including phenoxy) is 2. The monoisotopic (exact) mass is 354 g/mol. The van der Waals surface area contributed by atoms with Gasteiger partial charge in [0.25, 0.3) is 5.91 Å². The summed E-state index contributed by atoms with van der Waals surface area (Å²) < 4.78 is 10.9. The largest absolute Gasteiger partial charge is 0.497 e. The summed E-state index contributed by atoms with van der Waals surface area (Å²) in [6.07, 6.45) is -0.496. The lowest BCUT2D eigenvalue weighted by atomic mass is 10.2. The molecule has 3 rings (SSSR count).